The predicted molar refractivity (Wildman–Crippen MR) is 99.7 cm³/mol. The molecule has 0 radical (unpaired) electrons. The molecule has 0 N–H and O–H groups in total. The van der Waals surface area contributed by atoms with Crippen LogP contribution in [0.1, 0.15) is 26.5 Å². The van der Waals surface area contributed by atoms with Crippen LogP contribution in [0.2, 0.25) is 0 Å². The third-order valence-corrected chi connectivity index (χ3v) is 5.60. The standard InChI is InChI=1S/C19H27N5O/c1-14(2)23-8-9-24-18(13-23)11-16-10-17(12-20-19(16)24)22-6-4-21(5-7-22)15(3)25/h10-12,14H,4-9,13H2,1-3H3. The molecule has 6 nitrogen and oxygen atoms in total. The highest BCUT2D eigenvalue weighted by molar-refractivity contribution is 5.81. The summed E-state index contributed by atoms with van der Waals surface area (Å²) in [6.45, 7) is 12.6. The number of hydrogen-bond donors (Lipinski definition) is 0. The first kappa shape index (κ1) is 16.4. The lowest BCUT2D eigenvalue weighted by Crippen LogP contribution is -2.48. The zero-order chi connectivity index (χ0) is 17.6. The maximum Gasteiger partial charge on any atom is 0.219 e. The molecular weight excluding hydrogens is 314 g/mol. The van der Waals surface area contributed by atoms with E-state index in [1.165, 1.54) is 16.8 Å². The predicted octanol–water partition coefficient (Wildman–Crippen LogP) is 1.93. The summed E-state index contributed by atoms with van der Waals surface area (Å²) in [5, 5.41) is 1.23. The van der Waals surface area contributed by atoms with Gasteiger partial charge in [0.2, 0.25) is 5.91 Å². The van der Waals surface area contributed by atoms with E-state index in [-0.39, 0.29) is 5.91 Å². The minimum absolute atomic E-state index is 0.169. The van der Waals surface area contributed by atoms with Gasteiger partial charge in [0.1, 0.15) is 5.65 Å². The number of pyridine rings is 1. The van der Waals surface area contributed by atoms with Crippen LogP contribution in [0, 0.1) is 0 Å². The Hall–Kier alpha value is -2.08. The van der Waals surface area contributed by atoms with Gasteiger partial charge in [-0.25, -0.2) is 4.98 Å². The van der Waals surface area contributed by atoms with Crippen molar-refractivity contribution in [1.29, 1.82) is 0 Å². The minimum Gasteiger partial charge on any atom is -0.367 e. The van der Waals surface area contributed by atoms with E-state index in [1.807, 2.05) is 11.1 Å². The summed E-state index contributed by atoms with van der Waals surface area (Å²) in [5.41, 5.74) is 3.63. The summed E-state index contributed by atoms with van der Waals surface area (Å²) >= 11 is 0. The minimum atomic E-state index is 0.169. The lowest BCUT2D eigenvalue weighted by Gasteiger charge is -2.35. The zero-order valence-corrected chi connectivity index (χ0v) is 15.4. The lowest BCUT2D eigenvalue weighted by atomic mass is 10.2. The van der Waals surface area contributed by atoms with E-state index in [2.05, 4.69) is 40.3 Å². The monoisotopic (exact) mass is 341 g/mol. The van der Waals surface area contributed by atoms with Crippen LogP contribution in [0.25, 0.3) is 11.0 Å². The Morgan fingerprint density at radius 3 is 2.52 bits per heavy atom. The topological polar surface area (TPSA) is 44.6 Å². The van der Waals surface area contributed by atoms with Crippen molar-refractivity contribution in [3.8, 4) is 0 Å². The summed E-state index contributed by atoms with van der Waals surface area (Å²) in [6.07, 6.45) is 1.99. The normalized spacial score (nSPS) is 18.9. The number of anilines is 1. The molecule has 1 amide bonds. The molecule has 2 aliphatic rings. The van der Waals surface area contributed by atoms with E-state index in [4.69, 9.17) is 4.98 Å². The molecule has 1 saturated heterocycles. The Morgan fingerprint density at radius 2 is 1.84 bits per heavy atom. The second-order valence-electron chi connectivity index (χ2n) is 7.45. The van der Waals surface area contributed by atoms with Crippen molar-refractivity contribution in [2.24, 2.45) is 0 Å². The van der Waals surface area contributed by atoms with Gasteiger partial charge in [0.25, 0.3) is 0 Å². The van der Waals surface area contributed by atoms with E-state index in [0.717, 1.165) is 51.5 Å². The highest BCUT2D eigenvalue weighted by Gasteiger charge is 2.23. The molecule has 0 saturated carbocycles. The zero-order valence-electron chi connectivity index (χ0n) is 15.4. The van der Waals surface area contributed by atoms with Crippen molar-refractivity contribution in [3.05, 3.63) is 24.0 Å². The van der Waals surface area contributed by atoms with Crippen LogP contribution in [0.5, 0.6) is 0 Å². The molecule has 1 fully saturated rings. The fraction of sp³-hybridized carbons (Fsp3) is 0.579. The second kappa shape index (κ2) is 6.33. The van der Waals surface area contributed by atoms with Gasteiger partial charge in [0.05, 0.1) is 11.9 Å². The Morgan fingerprint density at radius 1 is 1.08 bits per heavy atom. The van der Waals surface area contributed by atoms with Crippen molar-refractivity contribution in [2.45, 2.75) is 39.9 Å². The number of nitrogens with zero attached hydrogens (tertiary/aromatic N) is 5. The van der Waals surface area contributed by atoms with Crippen LogP contribution >= 0.6 is 0 Å². The first-order valence-electron chi connectivity index (χ1n) is 9.25. The molecule has 0 atom stereocenters. The van der Waals surface area contributed by atoms with Crippen molar-refractivity contribution >= 4 is 22.6 Å². The lowest BCUT2D eigenvalue weighted by molar-refractivity contribution is -0.129. The van der Waals surface area contributed by atoms with Crippen LogP contribution in [-0.4, -0.2) is 64.0 Å². The van der Waals surface area contributed by atoms with Gasteiger partial charge in [0, 0.05) is 69.9 Å². The van der Waals surface area contributed by atoms with Gasteiger partial charge in [-0.3, -0.25) is 9.69 Å². The van der Waals surface area contributed by atoms with Gasteiger partial charge in [-0.05, 0) is 26.0 Å². The maximum atomic E-state index is 11.5. The molecule has 2 aromatic rings. The first-order valence-corrected chi connectivity index (χ1v) is 9.25. The molecule has 2 aromatic heterocycles. The molecule has 134 valence electrons. The Balaban J connectivity index is 1.57. The largest absolute Gasteiger partial charge is 0.367 e. The van der Waals surface area contributed by atoms with Gasteiger partial charge in [-0.15, -0.1) is 0 Å². The average Bonchev–Trinajstić information content (AvgIpc) is 2.98. The van der Waals surface area contributed by atoms with E-state index in [9.17, 15) is 4.79 Å². The van der Waals surface area contributed by atoms with E-state index >= 15 is 0 Å². The van der Waals surface area contributed by atoms with Crippen LogP contribution in [-0.2, 0) is 17.9 Å². The van der Waals surface area contributed by atoms with Crippen molar-refractivity contribution in [1.82, 2.24) is 19.4 Å². The number of fused-ring (bicyclic) bond motifs is 3. The molecule has 0 aromatic carbocycles. The molecule has 4 rings (SSSR count). The molecular formula is C19H27N5O. The van der Waals surface area contributed by atoms with Crippen molar-refractivity contribution in [3.63, 3.8) is 0 Å². The number of carbonyl (C=O) groups excluding carboxylic acids is 1. The average molecular weight is 341 g/mol. The van der Waals surface area contributed by atoms with Gasteiger partial charge in [0.15, 0.2) is 0 Å². The molecule has 0 bridgehead atoms. The van der Waals surface area contributed by atoms with Crippen LogP contribution in [0.3, 0.4) is 0 Å². The Bertz CT molecular complexity index is 788. The molecule has 0 aliphatic carbocycles. The molecule has 0 spiro atoms. The number of rotatable bonds is 2. The highest BCUT2D eigenvalue weighted by atomic mass is 16.2. The van der Waals surface area contributed by atoms with Gasteiger partial charge >= 0.3 is 0 Å². The number of carbonyl (C=O) groups is 1. The molecule has 25 heavy (non-hydrogen) atoms. The van der Waals surface area contributed by atoms with Gasteiger partial charge in [-0.2, -0.15) is 0 Å². The van der Waals surface area contributed by atoms with E-state index in [1.54, 1.807) is 6.92 Å². The Kier molecular flexibility index (Phi) is 4.15. The SMILES string of the molecule is CC(=O)N1CCN(c2cnc3c(c2)cc2n3CCN(C(C)C)C2)CC1. The van der Waals surface area contributed by atoms with Crippen molar-refractivity contribution in [2.75, 3.05) is 37.6 Å². The third-order valence-electron chi connectivity index (χ3n) is 5.60. The van der Waals surface area contributed by atoms with E-state index < -0.39 is 0 Å². The second-order valence-corrected chi connectivity index (χ2v) is 7.45. The van der Waals surface area contributed by atoms with Crippen LogP contribution in [0.15, 0.2) is 18.3 Å². The number of piperazine rings is 1. The van der Waals surface area contributed by atoms with Crippen LogP contribution < -0.4 is 4.90 Å². The van der Waals surface area contributed by atoms with Gasteiger partial charge < -0.3 is 14.4 Å². The Labute approximate surface area is 149 Å². The first-order chi connectivity index (χ1) is 12.0. The van der Waals surface area contributed by atoms with E-state index in [0.29, 0.717) is 6.04 Å². The highest BCUT2D eigenvalue weighted by Crippen LogP contribution is 2.27. The summed E-state index contributed by atoms with van der Waals surface area (Å²) in [5.74, 6) is 0.169. The summed E-state index contributed by atoms with van der Waals surface area (Å²) in [6, 6.07) is 5.14. The quantitative estimate of drug-likeness (QED) is 0.837. The summed E-state index contributed by atoms with van der Waals surface area (Å²) in [4.78, 5) is 23.0. The summed E-state index contributed by atoms with van der Waals surface area (Å²) in [7, 11) is 0. The maximum absolute atomic E-state index is 11.5. The summed E-state index contributed by atoms with van der Waals surface area (Å²) < 4.78 is 2.37. The molecule has 6 heteroatoms. The van der Waals surface area contributed by atoms with Gasteiger partial charge in [-0.1, -0.05) is 0 Å². The molecule has 0 unspecified atom stereocenters. The third kappa shape index (κ3) is 2.99. The number of amides is 1. The van der Waals surface area contributed by atoms with Crippen molar-refractivity contribution < 1.29 is 4.79 Å². The fourth-order valence-corrected chi connectivity index (χ4v) is 3.98. The van der Waals surface area contributed by atoms with Crippen LogP contribution in [0.4, 0.5) is 5.69 Å². The smallest absolute Gasteiger partial charge is 0.219 e. The fourth-order valence-electron chi connectivity index (χ4n) is 3.98. The number of hydrogen-bond acceptors (Lipinski definition) is 4. The molecule has 2 aliphatic heterocycles. The number of aromatic nitrogens is 2. The molecule has 4 heterocycles.